The molecule has 21 heavy (non-hydrogen) atoms. The van der Waals surface area contributed by atoms with Crippen LogP contribution in [0, 0.1) is 5.92 Å². The van der Waals surface area contributed by atoms with Crippen LogP contribution in [0.25, 0.3) is 0 Å². The molecule has 0 saturated carbocycles. The van der Waals surface area contributed by atoms with Crippen molar-refractivity contribution in [3.63, 3.8) is 0 Å². The number of piperidine rings is 1. The monoisotopic (exact) mass is 297 g/mol. The molecule has 0 spiro atoms. The van der Waals surface area contributed by atoms with Gasteiger partial charge in [-0.2, -0.15) is 0 Å². The van der Waals surface area contributed by atoms with Gasteiger partial charge in [0.25, 0.3) is 0 Å². The minimum absolute atomic E-state index is 0.0311. The van der Waals surface area contributed by atoms with E-state index in [1.165, 1.54) is 4.90 Å². The fraction of sp³-hybridized carbons (Fsp3) is 0.786. The number of amides is 3. The molecule has 2 unspecified atom stereocenters. The maximum Gasteiger partial charge on any atom is 0.246 e. The van der Waals surface area contributed by atoms with Crippen LogP contribution in [0.2, 0.25) is 0 Å². The van der Waals surface area contributed by atoms with Crippen molar-refractivity contribution in [2.24, 2.45) is 5.92 Å². The number of aliphatic hydroxyl groups is 1. The molecule has 7 nitrogen and oxygen atoms in total. The first-order chi connectivity index (χ1) is 9.95. The van der Waals surface area contributed by atoms with E-state index in [4.69, 9.17) is 0 Å². The topological polar surface area (TPSA) is 90.0 Å². The average Bonchev–Trinajstić information content (AvgIpc) is 2.79. The number of imide groups is 1. The first-order valence-corrected chi connectivity index (χ1v) is 7.46. The van der Waals surface area contributed by atoms with Crippen molar-refractivity contribution in [3.8, 4) is 0 Å². The first kappa shape index (κ1) is 15.9. The molecule has 2 saturated heterocycles. The van der Waals surface area contributed by atoms with Gasteiger partial charge in [0, 0.05) is 26.1 Å². The van der Waals surface area contributed by atoms with E-state index in [2.05, 4.69) is 5.32 Å². The lowest BCUT2D eigenvalue weighted by molar-refractivity contribution is -0.136. The standard InChI is InChI=1S/C14H23N3O4/c1-10-7-16(6-4-11(10)18)8-12(19)15-13(20)9-17-5-2-3-14(17)21/h10-11,18H,2-9H2,1H3,(H,15,19,20). The van der Waals surface area contributed by atoms with Gasteiger partial charge in [-0.3, -0.25) is 24.6 Å². The van der Waals surface area contributed by atoms with Gasteiger partial charge in [-0.05, 0) is 18.8 Å². The van der Waals surface area contributed by atoms with E-state index in [0.717, 1.165) is 6.42 Å². The zero-order valence-corrected chi connectivity index (χ0v) is 12.4. The molecule has 2 atom stereocenters. The maximum atomic E-state index is 11.8. The lowest BCUT2D eigenvalue weighted by Gasteiger charge is -2.33. The summed E-state index contributed by atoms with van der Waals surface area (Å²) >= 11 is 0. The van der Waals surface area contributed by atoms with Crippen LogP contribution in [-0.4, -0.2) is 71.5 Å². The number of nitrogens with one attached hydrogen (secondary N) is 1. The van der Waals surface area contributed by atoms with E-state index in [-0.39, 0.29) is 36.9 Å². The molecule has 2 aliphatic heterocycles. The molecule has 0 aromatic heterocycles. The van der Waals surface area contributed by atoms with Gasteiger partial charge >= 0.3 is 0 Å². The molecule has 2 heterocycles. The highest BCUT2D eigenvalue weighted by atomic mass is 16.3. The quantitative estimate of drug-likeness (QED) is 0.691. The Morgan fingerprint density at radius 2 is 2.00 bits per heavy atom. The van der Waals surface area contributed by atoms with Crippen LogP contribution in [0.1, 0.15) is 26.2 Å². The summed E-state index contributed by atoms with van der Waals surface area (Å²) in [4.78, 5) is 38.4. The van der Waals surface area contributed by atoms with Crippen LogP contribution in [-0.2, 0) is 14.4 Å². The van der Waals surface area contributed by atoms with E-state index >= 15 is 0 Å². The summed E-state index contributed by atoms with van der Waals surface area (Å²) in [6.45, 7) is 3.93. The Labute approximate surface area is 124 Å². The SMILES string of the molecule is CC1CN(CC(=O)NC(=O)CN2CCCC2=O)CCC1O. The predicted octanol–water partition coefficient (Wildman–Crippen LogP) is -1.05. The number of likely N-dealkylation sites (tertiary alicyclic amines) is 2. The van der Waals surface area contributed by atoms with Crippen molar-refractivity contribution in [2.75, 3.05) is 32.7 Å². The van der Waals surface area contributed by atoms with E-state index < -0.39 is 5.91 Å². The van der Waals surface area contributed by atoms with Gasteiger partial charge in [-0.1, -0.05) is 6.92 Å². The second kappa shape index (κ2) is 7.00. The number of nitrogens with zero attached hydrogens (tertiary/aromatic N) is 2. The van der Waals surface area contributed by atoms with Gasteiger partial charge in [0.2, 0.25) is 17.7 Å². The average molecular weight is 297 g/mol. The highest BCUT2D eigenvalue weighted by molar-refractivity contribution is 5.98. The number of hydrogen-bond donors (Lipinski definition) is 2. The third-order valence-corrected chi connectivity index (χ3v) is 4.10. The minimum atomic E-state index is -0.430. The van der Waals surface area contributed by atoms with Gasteiger partial charge in [0.15, 0.2) is 0 Å². The molecule has 2 aliphatic rings. The van der Waals surface area contributed by atoms with Gasteiger partial charge < -0.3 is 10.0 Å². The third-order valence-electron chi connectivity index (χ3n) is 4.10. The highest BCUT2D eigenvalue weighted by Crippen LogP contribution is 2.15. The molecule has 2 rings (SSSR count). The molecule has 0 radical (unpaired) electrons. The van der Waals surface area contributed by atoms with Crippen LogP contribution < -0.4 is 5.32 Å². The Kier molecular flexibility index (Phi) is 5.30. The number of aliphatic hydroxyl groups excluding tert-OH is 1. The highest BCUT2D eigenvalue weighted by Gasteiger charge is 2.26. The summed E-state index contributed by atoms with van der Waals surface area (Å²) in [6, 6.07) is 0. The molecule has 0 aromatic carbocycles. The predicted molar refractivity (Wildman–Crippen MR) is 75.2 cm³/mol. The second-order valence-corrected chi connectivity index (χ2v) is 5.96. The third kappa shape index (κ3) is 4.50. The number of rotatable bonds is 4. The van der Waals surface area contributed by atoms with Crippen LogP contribution in [0.15, 0.2) is 0 Å². The Morgan fingerprint density at radius 1 is 1.29 bits per heavy atom. The van der Waals surface area contributed by atoms with Crippen LogP contribution in [0.5, 0.6) is 0 Å². The fourth-order valence-electron chi connectivity index (χ4n) is 2.85. The van der Waals surface area contributed by atoms with Crippen molar-refractivity contribution in [3.05, 3.63) is 0 Å². The zero-order chi connectivity index (χ0) is 15.4. The van der Waals surface area contributed by atoms with Gasteiger partial charge in [0.1, 0.15) is 0 Å². The van der Waals surface area contributed by atoms with E-state index in [0.29, 0.717) is 32.5 Å². The van der Waals surface area contributed by atoms with Crippen molar-refractivity contribution < 1.29 is 19.5 Å². The molecule has 7 heteroatoms. The number of carbonyl (C=O) groups is 3. The summed E-state index contributed by atoms with van der Waals surface area (Å²) in [5.74, 6) is -0.684. The van der Waals surface area contributed by atoms with Crippen molar-refractivity contribution in [1.82, 2.24) is 15.1 Å². The lowest BCUT2D eigenvalue weighted by atomic mass is 9.97. The number of hydrogen-bond acceptors (Lipinski definition) is 5. The molecular weight excluding hydrogens is 274 g/mol. The molecule has 0 aliphatic carbocycles. The summed E-state index contributed by atoms with van der Waals surface area (Å²) in [7, 11) is 0. The van der Waals surface area contributed by atoms with E-state index in [9.17, 15) is 19.5 Å². The van der Waals surface area contributed by atoms with E-state index in [1.807, 2.05) is 11.8 Å². The first-order valence-electron chi connectivity index (χ1n) is 7.46. The molecule has 3 amide bonds. The van der Waals surface area contributed by atoms with Crippen LogP contribution in [0.4, 0.5) is 0 Å². The van der Waals surface area contributed by atoms with Crippen molar-refractivity contribution in [1.29, 1.82) is 0 Å². The van der Waals surface area contributed by atoms with E-state index in [1.54, 1.807) is 0 Å². The van der Waals surface area contributed by atoms with Crippen molar-refractivity contribution in [2.45, 2.75) is 32.3 Å². The Bertz CT molecular complexity index is 426. The Hall–Kier alpha value is -1.47. The summed E-state index contributed by atoms with van der Waals surface area (Å²) < 4.78 is 0. The lowest BCUT2D eigenvalue weighted by Crippen LogP contribution is -2.48. The zero-order valence-electron chi connectivity index (χ0n) is 12.4. The minimum Gasteiger partial charge on any atom is -0.393 e. The second-order valence-electron chi connectivity index (χ2n) is 5.96. The van der Waals surface area contributed by atoms with Crippen LogP contribution in [0.3, 0.4) is 0 Å². The molecular formula is C14H23N3O4. The molecule has 0 bridgehead atoms. The molecule has 118 valence electrons. The largest absolute Gasteiger partial charge is 0.393 e. The van der Waals surface area contributed by atoms with Crippen molar-refractivity contribution >= 4 is 17.7 Å². The number of carbonyl (C=O) groups excluding carboxylic acids is 3. The smallest absolute Gasteiger partial charge is 0.246 e. The Morgan fingerprint density at radius 3 is 2.62 bits per heavy atom. The van der Waals surface area contributed by atoms with Crippen LogP contribution >= 0.6 is 0 Å². The fourth-order valence-corrected chi connectivity index (χ4v) is 2.85. The maximum absolute atomic E-state index is 11.8. The Balaban J connectivity index is 1.71. The molecule has 2 fully saturated rings. The normalized spacial score (nSPS) is 27.0. The summed E-state index contributed by atoms with van der Waals surface area (Å²) in [5, 5.41) is 12.0. The molecule has 2 N–H and O–H groups in total. The van der Waals surface area contributed by atoms with Gasteiger partial charge in [-0.25, -0.2) is 0 Å². The van der Waals surface area contributed by atoms with Gasteiger partial charge in [0.05, 0.1) is 19.2 Å². The summed E-state index contributed by atoms with van der Waals surface area (Å²) in [5.41, 5.74) is 0. The van der Waals surface area contributed by atoms with Gasteiger partial charge in [-0.15, -0.1) is 0 Å². The molecule has 0 aromatic rings. The summed E-state index contributed by atoms with van der Waals surface area (Å²) in [6.07, 6.45) is 1.58.